The molecule has 3 rings (SSSR count). The van der Waals surface area contributed by atoms with E-state index in [2.05, 4.69) is 36.3 Å². The zero-order valence-electron chi connectivity index (χ0n) is 9.22. The fourth-order valence-electron chi connectivity index (χ4n) is 1.86. The highest BCUT2D eigenvalue weighted by Gasteiger charge is 2.39. The molecule has 2 aromatic heterocycles. The van der Waals surface area contributed by atoms with Crippen LogP contribution in [0.15, 0.2) is 3.92 Å². The lowest BCUT2D eigenvalue weighted by atomic mass is 10.3. The fourth-order valence-corrected chi connectivity index (χ4v) is 2.97. The van der Waals surface area contributed by atoms with E-state index in [1.807, 2.05) is 4.90 Å². The second-order valence-corrected chi connectivity index (χ2v) is 6.08. The van der Waals surface area contributed by atoms with Gasteiger partial charge in [-0.15, -0.1) is 20.4 Å². The van der Waals surface area contributed by atoms with Crippen LogP contribution in [-0.2, 0) is 19.3 Å². The molecule has 0 aliphatic carbocycles. The number of fused-ring (bicyclic) bond motifs is 1. The van der Waals surface area contributed by atoms with E-state index in [-0.39, 0.29) is 18.9 Å². The molecule has 19 heavy (non-hydrogen) atoms. The minimum absolute atomic E-state index is 0.175. The molecule has 102 valence electrons. The largest absolute Gasteiger partial charge is 0.451 e. The predicted molar refractivity (Wildman–Crippen MR) is 63.7 cm³/mol. The summed E-state index contributed by atoms with van der Waals surface area (Å²) in [4.78, 5) is 1.83. The van der Waals surface area contributed by atoms with Crippen LogP contribution in [0.1, 0.15) is 11.6 Å². The molecular formula is C8H6BrF3N6S. The molecule has 11 heteroatoms. The molecule has 0 saturated carbocycles. The first kappa shape index (κ1) is 12.8. The Balaban J connectivity index is 1.88. The van der Waals surface area contributed by atoms with Crippen LogP contribution in [0.25, 0.3) is 0 Å². The second-order valence-electron chi connectivity index (χ2n) is 3.85. The van der Waals surface area contributed by atoms with E-state index in [0.29, 0.717) is 15.6 Å². The van der Waals surface area contributed by atoms with Crippen molar-refractivity contribution in [3.8, 4) is 0 Å². The molecule has 6 nitrogen and oxygen atoms in total. The lowest BCUT2D eigenvalue weighted by Gasteiger charge is -2.27. The molecule has 0 aromatic carbocycles. The molecule has 0 radical (unpaired) electrons. The summed E-state index contributed by atoms with van der Waals surface area (Å²) in [6.45, 7) is 0.828. The molecule has 0 N–H and O–H groups in total. The van der Waals surface area contributed by atoms with Crippen LogP contribution in [0.5, 0.6) is 0 Å². The average Bonchev–Trinajstić information content (AvgIpc) is 2.92. The molecular weight excluding hydrogens is 349 g/mol. The fraction of sp³-hybridized carbons (Fsp3) is 0.500. The Labute approximate surface area is 117 Å². The van der Waals surface area contributed by atoms with E-state index < -0.39 is 12.0 Å². The van der Waals surface area contributed by atoms with Crippen molar-refractivity contribution in [2.45, 2.75) is 19.3 Å². The Bertz CT molecular complexity index is 608. The Kier molecular flexibility index (Phi) is 2.96. The van der Waals surface area contributed by atoms with Gasteiger partial charge in [-0.1, -0.05) is 11.3 Å². The third-order valence-corrected chi connectivity index (χ3v) is 4.08. The van der Waals surface area contributed by atoms with E-state index >= 15 is 0 Å². The van der Waals surface area contributed by atoms with Crippen molar-refractivity contribution >= 4 is 32.4 Å². The lowest BCUT2D eigenvalue weighted by Crippen LogP contribution is -2.35. The van der Waals surface area contributed by atoms with E-state index in [9.17, 15) is 13.2 Å². The van der Waals surface area contributed by atoms with Gasteiger partial charge in [-0.25, -0.2) is 0 Å². The van der Waals surface area contributed by atoms with Gasteiger partial charge < -0.3 is 9.47 Å². The van der Waals surface area contributed by atoms with Crippen molar-refractivity contribution in [3.05, 3.63) is 15.6 Å². The van der Waals surface area contributed by atoms with Gasteiger partial charge in [0.2, 0.25) is 11.0 Å². The molecule has 0 saturated heterocycles. The predicted octanol–water partition coefficient (Wildman–Crippen LogP) is 1.93. The first-order chi connectivity index (χ1) is 8.95. The number of hydrogen-bond donors (Lipinski definition) is 0. The topological polar surface area (TPSA) is 59.7 Å². The maximum Gasteiger partial charge on any atom is 0.451 e. The molecule has 0 amide bonds. The maximum absolute atomic E-state index is 12.7. The standard InChI is InChI=1S/C8H6BrF3N6S/c9-6-15-16-7(19-6)17-1-2-18-4(3-17)13-14-5(18)8(10,11)12/h1-3H2. The Morgan fingerprint density at radius 3 is 2.53 bits per heavy atom. The number of halogens is 4. The molecule has 0 bridgehead atoms. The highest BCUT2D eigenvalue weighted by Crippen LogP contribution is 2.31. The highest BCUT2D eigenvalue weighted by atomic mass is 79.9. The zero-order valence-corrected chi connectivity index (χ0v) is 11.6. The number of rotatable bonds is 1. The summed E-state index contributed by atoms with van der Waals surface area (Å²) in [7, 11) is 0. The highest BCUT2D eigenvalue weighted by molar-refractivity contribution is 9.11. The van der Waals surface area contributed by atoms with Gasteiger partial charge in [0.15, 0.2) is 9.74 Å². The third-order valence-electron chi connectivity index (χ3n) is 2.67. The average molecular weight is 355 g/mol. The van der Waals surface area contributed by atoms with Gasteiger partial charge in [-0.2, -0.15) is 13.2 Å². The van der Waals surface area contributed by atoms with Gasteiger partial charge >= 0.3 is 6.18 Å². The van der Waals surface area contributed by atoms with E-state index in [1.54, 1.807) is 0 Å². The van der Waals surface area contributed by atoms with Gasteiger partial charge in [0.25, 0.3) is 0 Å². The number of anilines is 1. The monoisotopic (exact) mass is 354 g/mol. The molecule has 0 fully saturated rings. The molecule has 1 aliphatic rings. The normalized spacial score (nSPS) is 15.7. The Hall–Kier alpha value is -1.23. The minimum Gasteiger partial charge on any atom is -0.337 e. The molecule has 2 aromatic rings. The van der Waals surface area contributed by atoms with Crippen molar-refractivity contribution in [2.75, 3.05) is 11.4 Å². The molecule has 0 unspecified atom stereocenters. The molecule has 1 aliphatic heterocycles. The van der Waals surface area contributed by atoms with Gasteiger partial charge in [-0.3, -0.25) is 0 Å². The smallest absolute Gasteiger partial charge is 0.337 e. The summed E-state index contributed by atoms with van der Waals surface area (Å²) in [6, 6.07) is 0. The number of hydrogen-bond acceptors (Lipinski definition) is 6. The van der Waals surface area contributed by atoms with E-state index in [1.165, 1.54) is 11.3 Å². The van der Waals surface area contributed by atoms with E-state index in [0.717, 1.165) is 4.57 Å². The molecule has 0 spiro atoms. The summed E-state index contributed by atoms with van der Waals surface area (Å²) in [5.41, 5.74) is 0. The maximum atomic E-state index is 12.7. The summed E-state index contributed by atoms with van der Waals surface area (Å²) in [5.74, 6) is -0.662. The SMILES string of the molecule is FC(F)(F)c1nnc2n1CCN(c1nnc(Br)s1)C2. The number of aromatic nitrogens is 5. The second kappa shape index (κ2) is 4.40. The van der Waals surface area contributed by atoms with Crippen LogP contribution in [0.4, 0.5) is 18.3 Å². The number of alkyl halides is 3. The summed E-state index contributed by atoms with van der Waals surface area (Å²) < 4.78 is 39.7. The summed E-state index contributed by atoms with van der Waals surface area (Å²) in [6.07, 6.45) is -4.47. The third kappa shape index (κ3) is 2.31. The van der Waals surface area contributed by atoms with Gasteiger partial charge in [0.1, 0.15) is 0 Å². The zero-order chi connectivity index (χ0) is 13.6. The van der Waals surface area contributed by atoms with Gasteiger partial charge in [-0.05, 0) is 15.9 Å². The van der Waals surface area contributed by atoms with Crippen molar-refractivity contribution in [2.24, 2.45) is 0 Å². The van der Waals surface area contributed by atoms with Crippen LogP contribution in [0.2, 0.25) is 0 Å². The van der Waals surface area contributed by atoms with Crippen molar-refractivity contribution in [1.82, 2.24) is 25.0 Å². The Morgan fingerprint density at radius 1 is 1.11 bits per heavy atom. The van der Waals surface area contributed by atoms with Gasteiger partial charge in [0, 0.05) is 13.1 Å². The van der Waals surface area contributed by atoms with Crippen molar-refractivity contribution in [3.63, 3.8) is 0 Å². The van der Waals surface area contributed by atoms with Crippen molar-refractivity contribution < 1.29 is 13.2 Å². The van der Waals surface area contributed by atoms with Crippen LogP contribution >= 0.6 is 27.3 Å². The Morgan fingerprint density at radius 2 is 1.89 bits per heavy atom. The van der Waals surface area contributed by atoms with Crippen molar-refractivity contribution in [1.29, 1.82) is 0 Å². The molecule has 0 atom stereocenters. The first-order valence-electron chi connectivity index (χ1n) is 5.18. The molecule has 3 heterocycles. The first-order valence-corrected chi connectivity index (χ1v) is 6.79. The van der Waals surface area contributed by atoms with Crippen LogP contribution in [-0.4, -0.2) is 31.5 Å². The minimum atomic E-state index is -4.47. The van der Waals surface area contributed by atoms with Crippen LogP contribution in [0.3, 0.4) is 0 Å². The lowest BCUT2D eigenvalue weighted by molar-refractivity contribution is -0.147. The summed E-state index contributed by atoms with van der Waals surface area (Å²) >= 11 is 4.52. The summed E-state index contributed by atoms with van der Waals surface area (Å²) in [5, 5.41) is 15.2. The van der Waals surface area contributed by atoms with Crippen LogP contribution in [0, 0.1) is 0 Å². The number of nitrogens with zero attached hydrogens (tertiary/aromatic N) is 6. The quantitative estimate of drug-likeness (QED) is 0.783. The van der Waals surface area contributed by atoms with Crippen LogP contribution < -0.4 is 4.90 Å². The van der Waals surface area contributed by atoms with E-state index in [4.69, 9.17) is 0 Å². The van der Waals surface area contributed by atoms with Gasteiger partial charge in [0.05, 0.1) is 6.54 Å².